The van der Waals surface area contributed by atoms with Gasteiger partial charge in [0.25, 0.3) is 5.69 Å². The van der Waals surface area contributed by atoms with Crippen molar-refractivity contribution < 1.29 is 18.1 Å². The SMILES string of the molecule is Cc1cc(S(=O)(=O)NCC(=O)C(C)C)cc([N+](=O)[O-])c1C. The third kappa shape index (κ3) is 4.08. The van der Waals surface area contributed by atoms with E-state index in [0.717, 1.165) is 6.07 Å². The van der Waals surface area contributed by atoms with Crippen molar-refractivity contribution >= 4 is 21.5 Å². The molecule has 0 unspecified atom stereocenters. The van der Waals surface area contributed by atoms with E-state index < -0.39 is 14.9 Å². The smallest absolute Gasteiger partial charge is 0.273 e. The van der Waals surface area contributed by atoms with E-state index >= 15 is 0 Å². The number of nitrogens with zero attached hydrogens (tertiary/aromatic N) is 1. The summed E-state index contributed by atoms with van der Waals surface area (Å²) in [6.07, 6.45) is 0. The predicted molar refractivity (Wildman–Crippen MR) is 77.6 cm³/mol. The minimum Gasteiger partial charge on any atom is -0.298 e. The number of hydrogen-bond donors (Lipinski definition) is 1. The Kier molecular flexibility index (Phi) is 5.19. The standard InChI is InChI=1S/C13H18N2O5S/c1-8(2)13(16)7-14-21(19,20)11-5-9(3)10(4)12(6-11)15(17)18/h5-6,8,14H,7H2,1-4H3. The molecule has 0 aliphatic carbocycles. The van der Waals surface area contributed by atoms with Crippen LogP contribution in [-0.2, 0) is 14.8 Å². The van der Waals surface area contributed by atoms with Crippen LogP contribution in [0.4, 0.5) is 5.69 Å². The number of aryl methyl sites for hydroxylation is 1. The van der Waals surface area contributed by atoms with E-state index in [0.29, 0.717) is 11.1 Å². The fourth-order valence-corrected chi connectivity index (χ4v) is 2.70. The highest BCUT2D eigenvalue weighted by molar-refractivity contribution is 7.89. The van der Waals surface area contributed by atoms with Crippen molar-refractivity contribution in [2.45, 2.75) is 32.6 Å². The first-order chi connectivity index (χ1) is 9.56. The number of nitro groups is 1. The van der Waals surface area contributed by atoms with Crippen LogP contribution in [-0.4, -0.2) is 25.7 Å². The summed E-state index contributed by atoms with van der Waals surface area (Å²) >= 11 is 0. The molecule has 21 heavy (non-hydrogen) atoms. The van der Waals surface area contributed by atoms with Gasteiger partial charge in [-0.3, -0.25) is 14.9 Å². The maximum Gasteiger partial charge on any atom is 0.273 e. The molecule has 0 aliphatic heterocycles. The molecule has 1 rings (SSSR count). The van der Waals surface area contributed by atoms with Crippen molar-refractivity contribution in [1.82, 2.24) is 4.72 Å². The predicted octanol–water partition coefficient (Wildman–Crippen LogP) is 1.72. The molecule has 1 aromatic carbocycles. The first-order valence-corrected chi connectivity index (χ1v) is 7.82. The highest BCUT2D eigenvalue weighted by atomic mass is 32.2. The average molecular weight is 314 g/mol. The summed E-state index contributed by atoms with van der Waals surface area (Å²) in [7, 11) is -3.96. The average Bonchev–Trinajstić information content (AvgIpc) is 2.38. The van der Waals surface area contributed by atoms with E-state index in [1.54, 1.807) is 27.7 Å². The zero-order chi connectivity index (χ0) is 16.4. The fraction of sp³-hybridized carbons (Fsp3) is 0.462. The zero-order valence-electron chi connectivity index (χ0n) is 12.3. The Bertz CT molecular complexity index is 680. The van der Waals surface area contributed by atoms with Gasteiger partial charge < -0.3 is 0 Å². The van der Waals surface area contributed by atoms with Gasteiger partial charge in [-0.2, -0.15) is 0 Å². The molecule has 0 aromatic heterocycles. The highest BCUT2D eigenvalue weighted by Crippen LogP contribution is 2.25. The molecule has 1 aromatic rings. The van der Waals surface area contributed by atoms with Crippen molar-refractivity contribution in [2.24, 2.45) is 5.92 Å². The maximum absolute atomic E-state index is 12.1. The van der Waals surface area contributed by atoms with Crippen LogP contribution in [0.1, 0.15) is 25.0 Å². The van der Waals surface area contributed by atoms with Crippen molar-refractivity contribution in [3.8, 4) is 0 Å². The van der Waals surface area contributed by atoms with Gasteiger partial charge >= 0.3 is 0 Å². The van der Waals surface area contributed by atoms with E-state index in [2.05, 4.69) is 4.72 Å². The summed E-state index contributed by atoms with van der Waals surface area (Å²) in [4.78, 5) is 21.6. The number of hydrogen-bond acceptors (Lipinski definition) is 5. The van der Waals surface area contributed by atoms with Gasteiger partial charge in [-0.1, -0.05) is 13.8 Å². The number of rotatable bonds is 6. The van der Waals surface area contributed by atoms with Gasteiger partial charge in [-0.15, -0.1) is 0 Å². The number of ketones is 1. The van der Waals surface area contributed by atoms with Gasteiger partial charge in [0.05, 0.1) is 16.4 Å². The second kappa shape index (κ2) is 6.31. The molecular weight excluding hydrogens is 296 g/mol. The first-order valence-electron chi connectivity index (χ1n) is 6.34. The Hall–Kier alpha value is -1.80. The number of benzene rings is 1. The van der Waals surface area contributed by atoms with E-state index in [1.165, 1.54) is 6.07 Å². The van der Waals surface area contributed by atoms with Gasteiger partial charge in [0, 0.05) is 17.5 Å². The van der Waals surface area contributed by atoms with Crippen LogP contribution < -0.4 is 4.72 Å². The lowest BCUT2D eigenvalue weighted by Gasteiger charge is -2.10. The van der Waals surface area contributed by atoms with E-state index in [1.807, 2.05) is 0 Å². The fourth-order valence-electron chi connectivity index (χ4n) is 1.61. The molecule has 1 N–H and O–H groups in total. The van der Waals surface area contributed by atoms with Crippen LogP contribution in [0.25, 0.3) is 0 Å². The number of nitro benzene ring substituents is 1. The molecule has 0 spiro atoms. The number of carbonyl (C=O) groups excluding carboxylic acids is 1. The van der Waals surface area contributed by atoms with Gasteiger partial charge in [-0.25, -0.2) is 13.1 Å². The van der Waals surface area contributed by atoms with Gasteiger partial charge in [0.2, 0.25) is 10.0 Å². The molecule has 0 bridgehead atoms. The molecule has 0 heterocycles. The summed E-state index contributed by atoms with van der Waals surface area (Å²) in [6.45, 7) is 6.15. The van der Waals surface area contributed by atoms with E-state index in [-0.39, 0.29) is 28.8 Å². The van der Waals surface area contributed by atoms with Crippen molar-refractivity contribution in [3.63, 3.8) is 0 Å². The van der Waals surface area contributed by atoms with Crippen LogP contribution in [0.15, 0.2) is 17.0 Å². The van der Waals surface area contributed by atoms with Crippen LogP contribution in [0, 0.1) is 29.9 Å². The van der Waals surface area contributed by atoms with Gasteiger partial charge in [-0.05, 0) is 25.5 Å². The number of sulfonamides is 1. The molecule has 0 radical (unpaired) electrons. The number of nitrogens with one attached hydrogen (secondary N) is 1. The third-order valence-corrected chi connectivity index (χ3v) is 4.58. The maximum atomic E-state index is 12.1. The van der Waals surface area contributed by atoms with Gasteiger partial charge in [0.15, 0.2) is 0 Å². The third-order valence-electron chi connectivity index (χ3n) is 3.20. The number of Topliss-reactive ketones (excluding diaryl/α,β-unsaturated/α-hetero) is 1. The highest BCUT2D eigenvalue weighted by Gasteiger charge is 2.22. The molecule has 0 aliphatic rings. The zero-order valence-corrected chi connectivity index (χ0v) is 13.2. The topological polar surface area (TPSA) is 106 Å². The largest absolute Gasteiger partial charge is 0.298 e. The van der Waals surface area contributed by atoms with Crippen molar-refractivity contribution in [3.05, 3.63) is 33.4 Å². The molecule has 0 saturated carbocycles. The summed E-state index contributed by atoms with van der Waals surface area (Å²) in [5.74, 6) is -0.543. The van der Waals surface area contributed by atoms with Crippen LogP contribution in [0.3, 0.4) is 0 Å². The summed E-state index contributed by atoms with van der Waals surface area (Å²) < 4.78 is 26.4. The first kappa shape index (κ1) is 17.3. The lowest BCUT2D eigenvalue weighted by Crippen LogP contribution is -2.31. The quantitative estimate of drug-likeness (QED) is 0.635. The number of carbonyl (C=O) groups is 1. The summed E-state index contributed by atoms with van der Waals surface area (Å²) in [5.41, 5.74) is 0.655. The van der Waals surface area contributed by atoms with Crippen LogP contribution in [0.5, 0.6) is 0 Å². The minimum absolute atomic E-state index is 0.214. The van der Waals surface area contributed by atoms with Crippen LogP contribution in [0.2, 0.25) is 0 Å². The monoisotopic (exact) mass is 314 g/mol. The molecule has 0 atom stereocenters. The molecule has 116 valence electrons. The Morgan fingerprint density at radius 2 is 1.90 bits per heavy atom. The Morgan fingerprint density at radius 3 is 2.38 bits per heavy atom. The normalized spacial score (nSPS) is 11.7. The van der Waals surface area contributed by atoms with Crippen LogP contribution >= 0.6 is 0 Å². The second-order valence-corrected chi connectivity index (χ2v) is 6.85. The second-order valence-electron chi connectivity index (χ2n) is 5.09. The van der Waals surface area contributed by atoms with E-state index in [4.69, 9.17) is 0 Å². The lowest BCUT2D eigenvalue weighted by atomic mass is 10.1. The molecule has 0 saturated heterocycles. The Morgan fingerprint density at radius 1 is 1.33 bits per heavy atom. The summed E-state index contributed by atoms with van der Waals surface area (Å²) in [6, 6.07) is 2.36. The van der Waals surface area contributed by atoms with Crippen molar-refractivity contribution in [1.29, 1.82) is 0 Å². The molecule has 0 fully saturated rings. The molecule has 8 heteroatoms. The Balaban J connectivity index is 3.15. The lowest BCUT2D eigenvalue weighted by molar-refractivity contribution is -0.385. The van der Waals surface area contributed by atoms with Gasteiger partial charge in [0.1, 0.15) is 5.78 Å². The minimum atomic E-state index is -3.96. The molecular formula is C13H18N2O5S. The molecule has 0 amide bonds. The van der Waals surface area contributed by atoms with E-state index in [9.17, 15) is 23.3 Å². The molecule has 7 nitrogen and oxygen atoms in total. The van der Waals surface area contributed by atoms with Crippen molar-refractivity contribution in [2.75, 3.05) is 6.54 Å². The Labute approximate surface area is 123 Å². The summed E-state index contributed by atoms with van der Waals surface area (Å²) in [5, 5.41) is 10.9.